The van der Waals surface area contributed by atoms with Crippen LogP contribution in [0.25, 0.3) is 0 Å². The molecule has 0 saturated heterocycles. The van der Waals surface area contributed by atoms with Crippen LogP contribution < -0.4 is 15.2 Å². The minimum absolute atomic E-state index is 0.0246. The third kappa shape index (κ3) is 6.03. The SMILES string of the molecule is C[C@H](NS(=O)(=O)CCCCCN)c1cccc(OCC2CC2)c1F. The Morgan fingerprint density at radius 3 is 2.75 bits per heavy atom. The minimum atomic E-state index is -3.45. The highest BCUT2D eigenvalue weighted by Gasteiger charge is 2.24. The monoisotopic (exact) mass is 358 g/mol. The molecular formula is C17H27FN2O3S. The standard InChI is InChI=1S/C17H27FN2O3S/c1-13(20-24(21,22)11-4-2-3-10-19)15-6-5-7-16(17(15)18)23-12-14-8-9-14/h5-7,13-14,20H,2-4,8-12,19H2,1H3/t13-/m0/s1. The van der Waals surface area contributed by atoms with Crippen molar-refractivity contribution in [2.45, 2.75) is 45.1 Å². The molecule has 24 heavy (non-hydrogen) atoms. The second-order valence-electron chi connectivity index (χ2n) is 6.42. The van der Waals surface area contributed by atoms with Crippen LogP contribution in [-0.4, -0.2) is 27.3 Å². The number of hydrogen-bond acceptors (Lipinski definition) is 4. The molecule has 1 aliphatic carbocycles. The molecule has 1 aromatic carbocycles. The summed E-state index contributed by atoms with van der Waals surface area (Å²) in [6.07, 6.45) is 4.38. The van der Waals surface area contributed by atoms with Gasteiger partial charge in [0, 0.05) is 11.6 Å². The fourth-order valence-corrected chi connectivity index (χ4v) is 3.84. The average molecular weight is 358 g/mol. The normalized spacial score (nSPS) is 16.1. The number of halogens is 1. The number of hydrogen-bond donors (Lipinski definition) is 2. The van der Waals surface area contributed by atoms with Crippen molar-refractivity contribution in [1.82, 2.24) is 4.72 Å². The summed E-state index contributed by atoms with van der Waals surface area (Å²) in [5.74, 6) is 0.249. The first kappa shape index (κ1) is 19.1. The smallest absolute Gasteiger partial charge is 0.212 e. The molecule has 0 radical (unpaired) electrons. The van der Waals surface area contributed by atoms with Gasteiger partial charge in [0.2, 0.25) is 10.0 Å². The number of nitrogens with two attached hydrogens (primary N) is 1. The highest BCUT2D eigenvalue weighted by Crippen LogP contribution is 2.31. The lowest BCUT2D eigenvalue weighted by molar-refractivity contribution is 0.284. The first-order chi connectivity index (χ1) is 11.4. The van der Waals surface area contributed by atoms with Crippen molar-refractivity contribution < 1.29 is 17.5 Å². The Labute approximate surface area is 143 Å². The van der Waals surface area contributed by atoms with E-state index in [1.165, 1.54) is 0 Å². The Kier molecular flexibility index (Phi) is 7.01. The fourth-order valence-electron chi connectivity index (χ4n) is 2.47. The molecular weight excluding hydrogens is 331 g/mol. The zero-order valence-corrected chi connectivity index (χ0v) is 14.9. The lowest BCUT2D eigenvalue weighted by Gasteiger charge is -2.17. The first-order valence-electron chi connectivity index (χ1n) is 8.54. The van der Waals surface area contributed by atoms with Gasteiger partial charge < -0.3 is 10.5 Å². The number of nitrogens with one attached hydrogen (secondary N) is 1. The zero-order chi connectivity index (χ0) is 17.6. The van der Waals surface area contributed by atoms with E-state index in [-0.39, 0.29) is 11.5 Å². The van der Waals surface area contributed by atoms with Crippen LogP contribution in [0.5, 0.6) is 5.75 Å². The summed E-state index contributed by atoms with van der Waals surface area (Å²) in [5.41, 5.74) is 5.69. The average Bonchev–Trinajstić information content (AvgIpc) is 3.34. The van der Waals surface area contributed by atoms with Crippen molar-refractivity contribution in [2.75, 3.05) is 18.9 Å². The van der Waals surface area contributed by atoms with Crippen molar-refractivity contribution in [3.63, 3.8) is 0 Å². The van der Waals surface area contributed by atoms with Gasteiger partial charge in [-0.2, -0.15) is 0 Å². The van der Waals surface area contributed by atoms with Gasteiger partial charge in [-0.25, -0.2) is 17.5 Å². The van der Waals surface area contributed by atoms with Crippen LogP contribution in [0.1, 0.15) is 50.6 Å². The van der Waals surface area contributed by atoms with Gasteiger partial charge in [-0.3, -0.25) is 0 Å². The Hall–Kier alpha value is -1.18. The number of unbranched alkanes of at least 4 members (excludes halogenated alkanes) is 2. The van der Waals surface area contributed by atoms with Crippen LogP contribution in [0.3, 0.4) is 0 Å². The number of benzene rings is 1. The summed E-state index contributed by atoms with van der Waals surface area (Å²) in [4.78, 5) is 0. The van der Waals surface area contributed by atoms with Gasteiger partial charge in [0.15, 0.2) is 11.6 Å². The van der Waals surface area contributed by atoms with E-state index in [4.69, 9.17) is 10.5 Å². The van der Waals surface area contributed by atoms with Crippen LogP contribution in [0.2, 0.25) is 0 Å². The van der Waals surface area contributed by atoms with Gasteiger partial charge in [0.25, 0.3) is 0 Å². The van der Waals surface area contributed by atoms with Crippen molar-refractivity contribution in [3.8, 4) is 5.75 Å². The fraction of sp³-hybridized carbons (Fsp3) is 0.647. The molecule has 0 aliphatic heterocycles. The topological polar surface area (TPSA) is 81.4 Å². The zero-order valence-electron chi connectivity index (χ0n) is 14.1. The van der Waals surface area contributed by atoms with Gasteiger partial charge in [-0.1, -0.05) is 18.6 Å². The largest absolute Gasteiger partial charge is 0.490 e. The predicted molar refractivity (Wildman–Crippen MR) is 92.9 cm³/mol. The van der Waals surface area contributed by atoms with Crippen LogP contribution >= 0.6 is 0 Å². The molecule has 7 heteroatoms. The van der Waals surface area contributed by atoms with Crippen molar-refractivity contribution in [3.05, 3.63) is 29.6 Å². The molecule has 0 spiro atoms. The summed E-state index contributed by atoms with van der Waals surface area (Å²) in [6, 6.07) is 4.21. The second kappa shape index (κ2) is 8.78. The summed E-state index contributed by atoms with van der Waals surface area (Å²) in [6.45, 7) is 2.71. The number of ether oxygens (including phenoxy) is 1. The van der Waals surface area contributed by atoms with Crippen LogP contribution in [0.15, 0.2) is 18.2 Å². The molecule has 2 rings (SSSR count). The molecule has 0 aromatic heterocycles. The van der Waals surface area contributed by atoms with Crippen LogP contribution in [-0.2, 0) is 10.0 Å². The second-order valence-corrected chi connectivity index (χ2v) is 8.29. The maximum absolute atomic E-state index is 14.5. The molecule has 0 amide bonds. The van der Waals surface area contributed by atoms with Crippen molar-refractivity contribution >= 4 is 10.0 Å². The van der Waals surface area contributed by atoms with E-state index in [1.807, 2.05) is 0 Å². The van der Waals surface area contributed by atoms with E-state index in [1.54, 1.807) is 25.1 Å². The lowest BCUT2D eigenvalue weighted by Crippen LogP contribution is -2.29. The maximum Gasteiger partial charge on any atom is 0.212 e. The summed E-state index contributed by atoms with van der Waals surface area (Å²) in [7, 11) is -3.45. The van der Waals surface area contributed by atoms with E-state index < -0.39 is 21.9 Å². The Bertz CT molecular complexity index is 633. The molecule has 5 nitrogen and oxygen atoms in total. The predicted octanol–water partition coefficient (Wildman–Crippen LogP) is 2.72. The molecule has 3 N–H and O–H groups in total. The maximum atomic E-state index is 14.5. The lowest BCUT2D eigenvalue weighted by atomic mass is 10.1. The van der Waals surface area contributed by atoms with Gasteiger partial charge in [0.1, 0.15) is 0 Å². The molecule has 0 heterocycles. The summed E-state index contributed by atoms with van der Waals surface area (Å²) >= 11 is 0. The van der Waals surface area contributed by atoms with Crippen molar-refractivity contribution in [1.29, 1.82) is 0 Å². The summed E-state index contributed by atoms with van der Waals surface area (Å²) < 4.78 is 46.8. The van der Waals surface area contributed by atoms with E-state index in [0.29, 0.717) is 31.1 Å². The Morgan fingerprint density at radius 1 is 1.33 bits per heavy atom. The van der Waals surface area contributed by atoms with Crippen LogP contribution in [0, 0.1) is 11.7 Å². The third-order valence-electron chi connectivity index (χ3n) is 4.10. The highest BCUT2D eigenvalue weighted by atomic mass is 32.2. The van der Waals surface area contributed by atoms with Gasteiger partial charge >= 0.3 is 0 Å². The van der Waals surface area contributed by atoms with Gasteiger partial charge in [0.05, 0.1) is 12.4 Å². The van der Waals surface area contributed by atoms with E-state index >= 15 is 0 Å². The first-order valence-corrected chi connectivity index (χ1v) is 10.2. The molecule has 1 saturated carbocycles. The quantitative estimate of drug-likeness (QED) is 0.596. The van der Waals surface area contributed by atoms with E-state index in [2.05, 4.69) is 4.72 Å². The molecule has 1 aliphatic rings. The van der Waals surface area contributed by atoms with Gasteiger partial charge in [-0.05, 0) is 51.1 Å². The van der Waals surface area contributed by atoms with Gasteiger partial charge in [-0.15, -0.1) is 0 Å². The Balaban J connectivity index is 1.95. The van der Waals surface area contributed by atoms with Crippen molar-refractivity contribution in [2.24, 2.45) is 11.7 Å². The van der Waals surface area contributed by atoms with Crippen LogP contribution in [0.4, 0.5) is 4.39 Å². The summed E-state index contributed by atoms with van der Waals surface area (Å²) in [5, 5.41) is 0. The molecule has 1 fully saturated rings. The molecule has 1 atom stereocenters. The molecule has 0 unspecified atom stereocenters. The highest BCUT2D eigenvalue weighted by molar-refractivity contribution is 7.89. The Morgan fingerprint density at radius 2 is 2.08 bits per heavy atom. The third-order valence-corrected chi connectivity index (χ3v) is 5.64. The van der Waals surface area contributed by atoms with E-state index in [0.717, 1.165) is 25.7 Å². The minimum Gasteiger partial charge on any atom is -0.490 e. The molecule has 0 bridgehead atoms. The molecule has 1 aromatic rings. The molecule has 136 valence electrons. The number of sulfonamides is 1. The van der Waals surface area contributed by atoms with E-state index in [9.17, 15) is 12.8 Å². The number of rotatable bonds is 11.